The van der Waals surface area contributed by atoms with Crippen LogP contribution < -0.4 is 20.9 Å². The van der Waals surface area contributed by atoms with Crippen molar-refractivity contribution < 1.29 is 18.0 Å². The predicted molar refractivity (Wildman–Crippen MR) is 116 cm³/mol. The van der Waals surface area contributed by atoms with E-state index in [1.54, 1.807) is 18.9 Å². The summed E-state index contributed by atoms with van der Waals surface area (Å²) in [6.45, 7) is 6.26. The first-order chi connectivity index (χ1) is 15.1. The number of nitrogens with one attached hydrogen (secondary N) is 3. The number of likely N-dealkylation sites (N-methyl/N-ethyl adjacent to an activating group) is 1. The summed E-state index contributed by atoms with van der Waals surface area (Å²) < 4.78 is 38.1. The topological polar surface area (TPSA) is 108 Å². The van der Waals surface area contributed by atoms with Crippen molar-refractivity contribution in [2.24, 2.45) is 0 Å². The van der Waals surface area contributed by atoms with Crippen molar-refractivity contribution in [2.75, 3.05) is 34.4 Å². The Bertz CT molecular complexity index is 962. The molecule has 1 aliphatic heterocycles. The molecule has 3 heterocycles. The van der Waals surface area contributed by atoms with E-state index in [4.69, 9.17) is 0 Å². The minimum Gasteiger partial charge on any atom is -0.367 e. The number of carbonyl (C=O) groups is 1. The van der Waals surface area contributed by atoms with E-state index in [-0.39, 0.29) is 30.4 Å². The van der Waals surface area contributed by atoms with Crippen LogP contribution in [-0.4, -0.2) is 51.5 Å². The van der Waals surface area contributed by atoms with Gasteiger partial charge in [-0.2, -0.15) is 18.2 Å². The fourth-order valence-corrected chi connectivity index (χ4v) is 3.34. The molecule has 0 bridgehead atoms. The lowest BCUT2D eigenvalue weighted by Gasteiger charge is -2.37. The molecule has 0 atom stereocenters. The molecule has 1 fully saturated rings. The van der Waals surface area contributed by atoms with Crippen molar-refractivity contribution in [3.05, 3.63) is 23.8 Å². The number of carbonyl (C=O) groups excluding carboxylic acids is 1. The Morgan fingerprint density at radius 1 is 1.16 bits per heavy atom. The molecule has 12 heteroatoms. The van der Waals surface area contributed by atoms with E-state index >= 15 is 0 Å². The number of hydrogen-bond donors (Lipinski definition) is 3. The van der Waals surface area contributed by atoms with Gasteiger partial charge in [0.2, 0.25) is 17.7 Å². The van der Waals surface area contributed by atoms with E-state index < -0.39 is 12.0 Å². The van der Waals surface area contributed by atoms with Crippen LogP contribution in [0.1, 0.15) is 44.6 Å². The summed E-state index contributed by atoms with van der Waals surface area (Å²) in [5, 5.41) is 9.01. The van der Waals surface area contributed by atoms with Gasteiger partial charge < -0.3 is 20.9 Å². The van der Waals surface area contributed by atoms with Crippen LogP contribution in [0.2, 0.25) is 0 Å². The smallest absolute Gasteiger partial charge is 0.367 e. The van der Waals surface area contributed by atoms with Gasteiger partial charge >= 0.3 is 6.18 Å². The fourth-order valence-electron chi connectivity index (χ4n) is 3.34. The van der Waals surface area contributed by atoms with Crippen molar-refractivity contribution in [3.63, 3.8) is 0 Å². The minimum atomic E-state index is -4.57. The quantitative estimate of drug-likeness (QED) is 0.648. The van der Waals surface area contributed by atoms with Crippen LogP contribution in [-0.2, 0) is 11.0 Å². The molecular formula is C20H27F3N8O. The molecule has 0 aromatic carbocycles. The van der Waals surface area contributed by atoms with Crippen LogP contribution in [0.15, 0.2) is 12.3 Å². The summed E-state index contributed by atoms with van der Waals surface area (Å²) in [6.07, 6.45) is -0.879. The van der Waals surface area contributed by atoms with Gasteiger partial charge in [-0.25, -0.2) is 15.0 Å². The van der Waals surface area contributed by atoms with E-state index in [1.807, 2.05) is 0 Å². The maximum Gasteiger partial charge on any atom is 0.451 e. The molecule has 1 aliphatic carbocycles. The van der Waals surface area contributed by atoms with Gasteiger partial charge in [0.25, 0.3) is 0 Å². The number of nitrogens with zero attached hydrogens (tertiary/aromatic N) is 5. The Morgan fingerprint density at radius 2 is 1.81 bits per heavy atom. The van der Waals surface area contributed by atoms with Gasteiger partial charge in [-0.3, -0.25) is 4.79 Å². The lowest BCUT2D eigenvalue weighted by Crippen LogP contribution is -2.44. The molecule has 1 saturated carbocycles. The Kier molecular flexibility index (Phi) is 6.99. The lowest BCUT2D eigenvalue weighted by molar-refractivity contribution is -0.144. The van der Waals surface area contributed by atoms with Crippen molar-refractivity contribution in [1.29, 1.82) is 0 Å². The van der Waals surface area contributed by atoms with Crippen LogP contribution in [0.4, 0.5) is 36.4 Å². The molecule has 2 aromatic rings. The summed E-state index contributed by atoms with van der Waals surface area (Å²) >= 11 is 0. The lowest BCUT2D eigenvalue weighted by atomic mass is 9.87. The van der Waals surface area contributed by atoms with E-state index in [0.29, 0.717) is 36.0 Å². The zero-order valence-corrected chi connectivity index (χ0v) is 18.4. The van der Waals surface area contributed by atoms with Gasteiger partial charge in [0, 0.05) is 25.3 Å². The number of fused-ring (bicyclic) bond motifs is 1. The highest BCUT2D eigenvalue weighted by atomic mass is 19.4. The summed E-state index contributed by atoms with van der Waals surface area (Å²) in [7, 11) is 1.79. The van der Waals surface area contributed by atoms with Crippen LogP contribution >= 0.6 is 0 Å². The number of amides is 1. The molecular weight excluding hydrogens is 425 g/mol. The molecule has 2 aliphatic rings. The standard InChI is InChI=1S/C17H19F3N8O.C3H8/c1-8-13-14(28(2)7-12(29)26-13)27-16(22-8)24-10-5-9(6-10)23-11-3-4-21-15(25-11)17(18,19)20;1-3-2/h3-4,9-10H,5-7H2,1-2H3,(H,26,29)(H,21,23,25)(H,22,24,27);3H2,1-2H3. The molecule has 1 amide bonds. The number of aryl methyl sites for hydroxylation is 1. The minimum absolute atomic E-state index is 0.0100. The van der Waals surface area contributed by atoms with Gasteiger partial charge in [0.05, 0.1) is 12.2 Å². The molecule has 0 saturated heterocycles. The first kappa shape index (κ1) is 23.5. The Balaban J connectivity index is 0.000000913. The maximum absolute atomic E-state index is 12.7. The molecule has 0 unspecified atom stereocenters. The van der Waals surface area contributed by atoms with Crippen molar-refractivity contribution in [3.8, 4) is 0 Å². The average molecular weight is 452 g/mol. The second-order valence-electron chi connectivity index (χ2n) is 7.86. The number of anilines is 4. The number of halogens is 3. The zero-order chi connectivity index (χ0) is 23.5. The second kappa shape index (κ2) is 9.53. The number of aromatic nitrogens is 4. The predicted octanol–water partition coefficient (Wildman–Crippen LogP) is 3.45. The second-order valence-corrected chi connectivity index (χ2v) is 7.86. The largest absolute Gasteiger partial charge is 0.451 e. The summed E-state index contributed by atoms with van der Waals surface area (Å²) in [6, 6.07) is 1.48. The number of hydrogen-bond acceptors (Lipinski definition) is 8. The van der Waals surface area contributed by atoms with Crippen LogP contribution in [0, 0.1) is 6.92 Å². The first-order valence-electron chi connectivity index (χ1n) is 10.4. The van der Waals surface area contributed by atoms with E-state index in [2.05, 4.69) is 49.7 Å². The third kappa shape index (κ3) is 5.54. The molecule has 2 aromatic heterocycles. The number of alkyl halides is 3. The first-order valence-corrected chi connectivity index (χ1v) is 10.4. The van der Waals surface area contributed by atoms with Crippen LogP contribution in [0.3, 0.4) is 0 Å². The molecule has 174 valence electrons. The fraction of sp³-hybridized carbons (Fsp3) is 0.550. The van der Waals surface area contributed by atoms with Gasteiger partial charge in [0.1, 0.15) is 11.5 Å². The highest BCUT2D eigenvalue weighted by Crippen LogP contribution is 2.32. The molecule has 9 nitrogen and oxygen atoms in total. The third-order valence-electron chi connectivity index (χ3n) is 4.81. The Labute approximate surface area is 184 Å². The maximum atomic E-state index is 12.7. The SMILES string of the molecule is CCC.Cc1nc(NC2CC(Nc3ccnc(C(F)(F)F)n3)C2)nc2c1NC(=O)CN2C. The highest BCUT2D eigenvalue weighted by Gasteiger charge is 2.35. The normalized spacial score (nSPS) is 19.7. The van der Waals surface area contributed by atoms with Gasteiger partial charge in [-0.1, -0.05) is 20.3 Å². The summed E-state index contributed by atoms with van der Waals surface area (Å²) in [4.78, 5) is 29.1. The van der Waals surface area contributed by atoms with Crippen molar-refractivity contribution >= 4 is 29.2 Å². The highest BCUT2D eigenvalue weighted by molar-refractivity contribution is 6.00. The molecule has 4 rings (SSSR count). The van der Waals surface area contributed by atoms with Gasteiger partial charge in [0.15, 0.2) is 5.82 Å². The van der Waals surface area contributed by atoms with Gasteiger partial charge in [-0.05, 0) is 25.8 Å². The van der Waals surface area contributed by atoms with Crippen molar-refractivity contribution in [1.82, 2.24) is 19.9 Å². The van der Waals surface area contributed by atoms with E-state index in [1.165, 1.54) is 12.5 Å². The van der Waals surface area contributed by atoms with Crippen LogP contribution in [0.25, 0.3) is 0 Å². The van der Waals surface area contributed by atoms with E-state index in [9.17, 15) is 18.0 Å². The number of rotatable bonds is 4. The zero-order valence-electron chi connectivity index (χ0n) is 18.4. The third-order valence-corrected chi connectivity index (χ3v) is 4.81. The Hall–Kier alpha value is -3.18. The molecule has 32 heavy (non-hydrogen) atoms. The van der Waals surface area contributed by atoms with Gasteiger partial charge in [-0.15, -0.1) is 0 Å². The van der Waals surface area contributed by atoms with Crippen molar-refractivity contribution in [2.45, 2.75) is 58.3 Å². The molecule has 0 radical (unpaired) electrons. The summed E-state index contributed by atoms with van der Waals surface area (Å²) in [5.41, 5.74) is 1.26. The summed E-state index contributed by atoms with van der Waals surface area (Å²) in [5.74, 6) is -0.0262. The van der Waals surface area contributed by atoms with Crippen LogP contribution in [0.5, 0.6) is 0 Å². The monoisotopic (exact) mass is 452 g/mol. The molecule has 0 spiro atoms. The average Bonchev–Trinajstić information content (AvgIpc) is 2.67. The van der Waals surface area contributed by atoms with E-state index in [0.717, 1.165) is 6.20 Å². The molecule has 3 N–H and O–H groups in total. The Morgan fingerprint density at radius 3 is 2.47 bits per heavy atom.